The zero-order chi connectivity index (χ0) is 6.24. The molecule has 71 valence electrons. The van der Waals surface area contributed by atoms with E-state index in [-0.39, 0.29) is 39.9 Å². The van der Waals surface area contributed by atoms with Crippen LogP contribution in [-0.4, -0.2) is 4.82 Å². The zero-order valence-electron chi connectivity index (χ0n) is 8.12. The first-order valence-corrected chi connectivity index (χ1v) is 6.30. The van der Waals surface area contributed by atoms with Gasteiger partial charge in [0.2, 0.25) is 0 Å². The third-order valence-electron chi connectivity index (χ3n) is 1.25. The van der Waals surface area contributed by atoms with Crippen molar-refractivity contribution in [2.24, 2.45) is 0 Å². The number of hydrogen-bond donors (Lipinski definition) is 0. The molecule has 0 saturated heterocycles. The van der Waals surface area contributed by atoms with Crippen LogP contribution in [0.5, 0.6) is 0 Å². The second-order valence-electron chi connectivity index (χ2n) is 1.90. The van der Waals surface area contributed by atoms with Gasteiger partial charge in [0.25, 0.3) is 0 Å². The predicted molar refractivity (Wildman–Crippen MR) is 55.3 cm³/mol. The summed E-state index contributed by atoms with van der Waals surface area (Å²) in [7, 11) is 5.01. The zero-order valence-corrected chi connectivity index (χ0v) is 10.4. The topological polar surface area (TPSA) is 0 Å². The van der Waals surface area contributed by atoms with Crippen LogP contribution in [0.15, 0.2) is 0 Å². The Hall–Kier alpha value is 0.874. The quantitative estimate of drug-likeness (QED) is 0.421. The summed E-state index contributed by atoms with van der Waals surface area (Å²) in [4.78, 5) is 3.38. The van der Waals surface area contributed by atoms with Crippen molar-refractivity contribution in [3.8, 4) is 0 Å². The van der Waals surface area contributed by atoms with E-state index in [9.17, 15) is 0 Å². The summed E-state index contributed by atoms with van der Waals surface area (Å²) in [5.74, 6) is 0. The van der Waals surface area contributed by atoms with Crippen LogP contribution in [0.3, 0.4) is 0 Å². The van der Waals surface area contributed by atoms with E-state index in [0.717, 1.165) is 0 Å². The van der Waals surface area contributed by atoms with Crippen molar-refractivity contribution in [2.75, 3.05) is 0 Å². The van der Waals surface area contributed by atoms with Gasteiger partial charge in [-0.1, -0.05) is 32.1 Å². The maximum atomic E-state index is 5.01. The molecule has 0 aromatic carbocycles. The van der Waals surface area contributed by atoms with Gasteiger partial charge in [0.1, 0.15) is 0 Å². The molecule has 2 heteroatoms. The van der Waals surface area contributed by atoms with Crippen molar-refractivity contribution in [1.29, 1.82) is 0 Å². The van der Waals surface area contributed by atoms with Crippen molar-refractivity contribution in [1.82, 2.24) is 0 Å². The first kappa shape index (κ1) is 22.6. The van der Waals surface area contributed by atoms with Gasteiger partial charge in [-0.3, -0.25) is 0 Å². The van der Waals surface area contributed by atoms with Crippen molar-refractivity contribution in [2.45, 2.75) is 32.1 Å². The summed E-state index contributed by atoms with van der Waals surface area (Å²) in [5, 5.41) is 0. The van der Waals surface area contributed by atoms with E-state index in [0.29, 0.717) is 0 Å². The molecule has 0 radical (unpaired) electrons. The Morgan fingerprint density at radius 1 is 0.818 bits per heavy atom. The summed E-state index contributed by atoms with van der Waals surface area (Å²) in [6.45, 7) is 0. The van der Waals surface area contributed by atoms with Crippen molar-refractivity contribution >= 4 is 14.1 Å². The molecule has 1 fully saturated rings. The van der Waals surface area contributed by atoms with E-state index >= 15 is 0 Å². The van der Waals surface area contributed by atoms with Crippen LogP contribution in [0, 0.1) is 22.3 Å². The minimum atomic E-state index is -0.278. The summed E-state index contributed by atoms with van der Waals surface area (Å²) in [6, 6.07) is 0. The molecule has 0 heterocycles. The van der Waals surface area contributed by atoms with E-state index in [1.165, 1.54) is 32.1 Å². The molecule has 0 nitrogen and oxygen atoms in total. The maximum Gasteiger partial charge on any atom is -0.358 e. The SMILES string of the molecule is C1CCCC1.[CH2]=[Ti][Cl].[CH3-].[CH3-].[CH3-]. The molecule has 1 rings (SSSR count). The fourth-order valence-electron chi connectivity index (χ4n) is 0.884. The van der Waals surface area contributed by atoms with Crippen LogP contribution < -0.4 is 0 Å². The van der Waals surface area contributed by atoms with Gasteiger partial charge in [-0.2, -0.15) is 0 Å². The molecule has 11 heavy (non-hydrogen) atoms. The molecule has 1 saturated carbocycles. The van der Waals surface area contributed by atoms with E-state index < -0.39 is 0 Å². The average Bonchev–Trinajstić information content (AvgIpc) is 2.17. The molecule has 0 bridgehead atoms. The number of halogens is 1. The minimum Gasteiger partial charge on any atom is -0.358 e. The molecule has 1 aliphatic rings. The molecule has 0 aromatic rings. The van der Waals surface area contributed by atoms with Crippen LogP contribution in [-0.2, 0) is 17.6 Å². The van der Waals surface area contributed by atoms with Crippen molar-refractivity contribution in [3.63, 3.8) is 0 Å². The monoisotopic (exact) mass is 212 g/mol. The van der Waals surface area contributed by atoms with Gasteiger partial charge in [-0.25, -0.2) is 0 Å². The van der Waals surface area contributed by atoms with Gasteiger partial charge >= 0.3 is 31.8 Å². The predicted octanol–water partition coefficient (Wildman–Crippen LogP) is 3.96. The molecule has 1 aliphatic carbocycles. The standard InChI is InChI=1S/C5H10.3CH3.CH2.ClH.Ti/c1-2-4-5-3-1;;;;;;/h1-5H2;3*1H3;1H2;1H;/q;3*-1;;;+1/p-1. The summed E-state index contributed by atoms with van der Waals surface area (Å²) in [5.41, 5.74) is 0. The molecule has 0 unspecified atom stereocenters. The van der Waals surface area contributed by atoms with Gasteiger partial charge in [-0.15, -0.1) is 0 Å². The third-order valence-corrected chi connectivity index (χ3v) is 1.25. The molecule has 0 atom stereocenters. The Balaban J connectivity index is -0.0000000379. The van der Waals surface area contributed by atoms with Crippen LogP contribution in [0.25, 0.3) is 0 Å². The maximum absolute atomic E-state index is 5.01. The number of rotatable bonds is 0. The summed E-state index contributed by atoms with van der Waals surface area (Å²) >= 11 is -0.278. The first-order valence-electron chi connectivity index (χ1n) is 3.04. The minimum absolute atomic E-state index is 0. The van der Waals surface area contributed by atoms with Gasteiger partial charge < -0.3 is 22.3 Å². The summed E-state index contributed by atoms with van der Waals surface area (Å²) in [6.07, 6.45) is 7.50. The van der Waals surface area contributed by atoms with Gasteiger partial charge in [-0.05, 0) is 0 Å². The Morgan fingerprint density at radius 3 is 1.00 bits per heavy atom. The van der Waals surface area contributed by atoms with Crippen molar-refractivity contribution < 1.29 is 17.6 Å². The van der Waals surface area contributed by atoms with Crippen molar-refractivity contribution in [3.05, 3.63) is 22.3 Å². The Morgan fingerprint density at radius 2 is 0.909 bits per heavy atom. The van der Waals surface area contributed by atoms with E-state index in [4.69, 9.17) is 9.30 Å². The Kier molecular flexibility index (Phi) is 46.2. The molecule has 0 spiro atoms. The van der Waals surface area contributed by atoms with E-state index in [1.54, 1.807) is 0 Å². The van der Waals surface area contributed by atoms with Crippen LogP contribution in [0.1, 0.15) is 32.1 Å². The molecule has 0 aliphatic heterocycles. The smallest absolute Gasteiger partial charge is 0.358 e. The van der Waals surface area contributed by atoms with Gasteiger partial charge in [0.05, 0.1) is 0 Å². The largest absolute Gasteiger partial charge is 0.358 e. The number of hydrogen-bond acceptors (Lipinski definition) is 0. The first-order chi connectivity index (χ1) is 3.91. The molecule has 0 N–H and O–H groups in total. The van der Waals surface area contributed by atoms with Crippen LogP contribution in [0.2, 0.25) is 0 Å². The molecule has 0 aromatic heterocycles. The van der Waals surface area contributed by atoms with E-state index in [2.05, 4.69) is 4.82 Å². The fraction of sp³-hybridized carbons (Fsp3) is 0.556. The fourth-order valence-corrected chi connectivity index (χ4v) is 0.884. The molecular weight excluding hydrogens is 191 g/mol. The van der Waals surface area contributed by atoms with Gasteiger partial charge in [0.15, 0.2) is 0 Å². The molecular formula is C9H21ClTi-3. The van der Waals surface area contributed by atoms with Gasteiger partial charge in [0, 0.05) is 0 Å². The second kappa shape index (κ2) is 22.4. The van der Waals surface area contributed by atoms with Crippen LogP contribution in [0.4, 0.5) is 0 Å². The normalized spacial score (nSPS) is 11.7. The second-order valence-corrected chi connectivity index (χ2v) is 3.42. The Labute approximate surface area is 86.0 Å². The van der Waals surface area contributed by atoms with E-state index in [1.807, 2.05) is 0 Å². The molecule has 0 amide bonds. The summed E-state index contributed by atoms with van der Waals surface area (Å²) < 4.78 is 0. The third kappa shape index (κ3) is 24.8. The average molecular weight is 213 g/mol. The Bertz CT molecular complexity index is 43.9. The van der Waals surface area contributed by atoms with Crippen LogP contribution >= 0.6 is 9.30 Å².